The summed E-state index contributed by atoms with van der Waals surface area (Å²) in [4.78, 5) is 9.59. The molecule has 36 valence electrons. The van der Waals surface area contributed by atoms with E-state index in [1.807, 2.05) is 0 Å². The smallest absolute Gasteiger partial charge is 0.0794 e. The Kier molecular flexibility index (Phi) is 7.87. The van der Waals surface area contributed by atoms with Crippen LogP contribution >= 0.6 is 0 Å². The molecular formula is C3H6NOW-. The Labute approximate surface area is 51.6 Å². The molecule has 0 saturated carbocycles. The van der Waals surface area contributed by atoms with Gasteiger partial charge in [0.2, 0.25) is 0 Å². The van der Waals surface area contributed by atoms with Crippen molar-refractivity contribution < 1.29 is 25.9 Å². The van der Waals surface area contributed by atoms with Crippen LogP contribution in [0.1, 0.15) is 0 Å². The molecule has 0 rings (SSSR count). The summed E-state index contributed by atoms with van der Waals surface area (Å²) < 4.78 is 0. The summed E-state index contributed by atoms with van der Waals surface area (Å²) in [5.41, 5.74) is 0. The first-order valence-corrected chi connectivity index (χ1v) is 1.31. The Balaban J connectivity index is 0. The second kappa shape index (κ2) is 5.03. The molecule has 0 saturated heterocycles. The van der Waals surface area contributed by atoms with Crippen molar-refractivity contribution in [2.45, 2.75) is 0 Å². The Morgan fingerprint density at radius 1 is 1.83 bits per heavy atom. The summed E-state index contributed by atoms with van der Waals surface area (Å²) in [6.07, 6.45) is 0. The van der Waals surface area contributed by atoms with Crippen molar-refractivity contribution in [2.75, 3.05) is 7.05 Å². The van der Waals surface area contributed by atoms with Crippen LogP contribution in [-0.4, -0.2) is 13.0 Å². The quantitative estimate of drug-likeness (QED) is 0.585. The van der Waals surface area contributed by atoms with Crippen molar-refractivity contribution in [1.82, 2.24) is 5.32 Å². The molecule has 0 aromatic rings. The SMILES string of the molecule is [CH2-]C(=O)NC.[W]. The van der Waals surface area contributed by atoms with Crippen molar-refractivity contribution in [3.63, 3.8) is 0 Å². The summed E-state index contributed by atoms with van der Waals surface area (Å²) in [5, 5.41) is 2.28. The molecule has 0 unspecified atom stereocenters. The van der Waals surface area contributed by atoms with E-state index in [-0.39, 0.29) is 27.0 Å². The Morgan fingerprint density at radius 3 is 2.00 bits per heavy atom. The third kappa shape index (κ3) is 8.98. The zero-order chi connectivity index (χ0) is 4.28. The van der Waals surface area contributed by atoms with Crippen LogP contribution in [0.5, 0.6) is 0 Å². The molecule has 0 aromatic heterocycles. The first kappa shape index (κ1) is 9.39. The summed E-state index contributed by atoms with van der Waals surface area (Å²) in [6, 6.07) is 0. The van der Waals surface area contributed by atoms with Gasteiger partial charge < -0.3 is 17.0 Å². The number of carbonyl (C=O) groups is 1. The van der Waals surface area contributed by atoms with Crippen molar-refractivity contribution >= 4 is 5.91 Å². The normalized spacial score (nSPS) is 5.50. The largest absolute Gasteiger partial charge is 0.384 e. The van der Waals surface area contributed by atoms with Gasteiger partial charge in [-0.1, -0.05) is 0 Å². The molecule has 0 radical (unpaired) electrons. The van der Waals surface area contributed by atoms with E-state index < -0.39 is 0 Å². The predicted octanol–water partition coefficient (Wildman–Crippen LogP) is -0.436. The third-order valence-corrected chi connectivity index (χ3v) is 0.279. The van der Waals surface area contributed by atoms with Crippen LogP contribution in [0.3, 0.4) is 0 Å². The maximum atomic E-state index is 9.59. The zero-order valence-electron chi connectivity index (χ0n) is 3.52. The molecule has 3 heteroatoms. The van der Waals surface area contributed by atoms with Crippen LogP contribution < -0.4 is 5.32 Å². The molecule has 6 heavy (non-hydrogen) atoms. The number of hydrogen-bond acceptors (Lipinski definition) is 1. The Hall–Kier alpha value is 0.0283. The van der Waals surface area contributed by atoms with Crippen LogP contribution in [-0.2, 0) is 25.9 Å². The maximum Gasteiger partial charge on any atom is 0.0794 e. The van der Waals surface area contributed by atoms with Gasteiger partial charge in [0, 0.05) is 28.1 Å². The number of nitrogens with one attached hydrogen (secondary N) is 1. The summed E-state index contributed by atoms with van der Waals surface area (Å²) in [5.74, 6) is -0.245. The first-order valence-electron chi connectivity index (χ1n) is 1.31. The van der Waals surface area contributed by atoms with Gasteiger partial charge in [0.05, 0.1) is 5.91 Å². The molecule has 0 aliphatic rings. The van der Waals surface area contributed by atoms with Crippen molar-refractivity contribution in [3.05, 3.63) is 6.92 Å². The molecule has 1 amide bonds. The monoisotopic (exact) mass is 256 g/mol. The van der Waals surface area contributed by atoms with E-state index in [9.17, 15) is 4.79 Å². The van der Waals surface area contributed by atoms with Crippen molar-refractivity contribution in [2.24, 2.45) is 0 Å². The topological polar surface area (TPSA) is 29.1 Å². The van der Waals surface area contributed by atoms with Crippen LogP contribution in [0, 0.1) is 6.92 Å². The van der Waals surface area contributed by atoms with E-state index in [4.69, 9.17) is 0 Å². The molecule has 0 bridgehead atoms. The molecule has 0 atom stereocenters. The van der Waals surface area contributed by atoms with E-state index >= 15 is 0 Å². The fourth-order valence-electron chi connectivity index (χ4n) is 0. The van der Waals surface area contributed by atoms with Gasteiger partial charge in [0.25, 0.3) is 0 Å². The van der Waals surface area contributed by atoms with Crippen molar-refractivity contribution in [3.8, 4) is 0 Å². The average molecular weight is 256 g/mol. The molecular weight excluding hydrogens is 250 g/mol. The molecule has 0 aromatic carbocycles. The zero-order valence-corrected chi connectivity index (χ0v) is 6.46. The second-order valence-corrected chi connectivity index (χ2v) is 0.673. The van der Waals surface area contributed by atoms with Gasteiger partial charge in [-0.3, -0.25) is 0 Å². The van der Waals surface area contributed by atoms with E-state index in [0.717, 1.165) is 0 Å². The molecule has 0 heterocycles. The van der Waals surface area contributed by atoms with E-state index in [1.54, 1.807) is 0 Å². The molecule has 0 spiro atoms. The molecule has 0 aliphatic carbocycles. The first-order chi connectivity index (χ1) is 2.27. The predicted molar refractivity (Wildman–Crippen MR) is 19.4 cm³/mol. The standard InChI is InChI=1S/C3H6NO.W/c1-3(5)4-2;/h1H2,2H3,(H,4,5);/q-1;. The fourth-order valence-corrected chi connectivity index (χ4v) is 0. The molecule has 0 aliphatic heterocycles. The summed E-state index contributed by atoms with van der Waals surface area (Å²) >= 11 is 0. The van der Waals surface area contributed by atoms with E-state index in [1.165, 1.54) is 7.05 Å². The number of rotatable bonds is 0. The Bertz CT molecular complexity index is 46.1. The van der Waals surface area contributed by atoms with Crippen LogP contribution in [0.15, 0.2) is 0 Å². The van der Waals surface area contributed by atoms with Gasteiger partial charge in [-0.25, -0.2) is 0 Å². The minimum Gasteiger partial charge on any atom is -0.384 e. The maximum absolute atomic E-state index is 9.59. The molecule has 1 N–H and O–H groups in total. The van der Waals surface area contributed by atoms with Crippen LogP contribution in [0.2, 0.25) is 0 Å². The summed E-state index contributed by atoms with van der Waals surface area (Å²) in [7, 11) is 1.54. The fraction of sp³-hybridized carbons (Fsp3) is 0.333. The van der Waals surface area contributed by atoms with Gasteiger partial charge in [-0.15, -0.1) is 0 Å². The number of amides is 1. The third-order valence-electron chi connectivity index (χ3n) is 0.279. The van der Waals surface area contributed by atoms with Crippen LogP contribution in [0.4, 0.5) is 0 Å². The molecule has 2 nitrogen and oxygen atoms in total. The minimum absolute atomic E-state index is 0. The van der Waals surface area contributed by atoms with Gasteiger partial charge >= 0.3 is 0 Å². The van der Waals surface area contributed by atoms with Crippen molar-refractivity contribution in [1.29, 1.82) is 0 Å². The number of hydrogen-bond donors (Lipinski definition) is 1. The van der Waals surface area contributed by atoms with Gasteiger partial charge in [-0.2, -0.15) is 0 Å². The van der Waals surface area contributed by atoms with Gasteiger partial charge in [-0.05, 0) is 0 Å². The van der Waals surface area contributed by atoms with Gasteiger partial charge in [0.1, 0.15) is 0 Å². The molecule has 0 fully saturated rings. The van der Waals surface area contributed by atoms with Crippen LogP contribution in [0.25, 0.3) is 0 Å². The van der Waals surface area contributed by atoms with E-state index in [2.05, 4.69) is 12.2 Å². The summed E-state index contributed by atoms with van der Waals surface area (Å²) in [6.45, 7) is 3.01. The van der Waals surface area contributed by atoms with Gasteiger partial charge in [0.15, 0.2) is 0 Å². The average Bonchev–Trinajstić information content (AvgIpc) is 1.38. The number of carbonyl (C=O) groups excluding carboxylic acids is 1. The Morgan fingerprint density at radius 2 is 2.00 bits per heavy atom. The minimum atomic E-state index is -0.245. The van der Waals surface area contributed by atoms with E-state index in [0.29, 0.717) is 0 Å². The second-order valence-electron chi connectivity index (χ2n) is 0.673.